The van der Waals surface area contributed by atoms with E-state index in [-0.39, 0.29) is 11.8 Å². The van der Waals surface area contributed by atoms with E-state index >= 15 is 0 Å². The largest absolute Gasteiger partial charge is 0.348 e. The lowest BCUT2D eigenvalue weighted by Gasteiger charge is -2.39. The highest BCUT2D eigenvalue weighted by molar-refractivity contribution is 9.10. The molecule has 0 saturated carbocycles. The van der Waals surface area contributed by atoms with Crippen LogP contribution in [0.15, 0.2) is 120 Å². The maximum atomic E-state index is 7.60. The van der Waals surface area contributed by atoms with Gasteiger partial charge in [-0.05, 0) is 44.7 Å². The van der Waals surface area contributed by atoms with Gasteiger partial charge in [0.1, 0.15) is 11.2 Å². The van der Waals surface area contributed by atoms with E-state index < -0.39 is 11.2 Å². The molecule has 0 radical (unpaired) electrons. The normalized spacial score (nSPS) is 27.7. The number of rotatable bonds is 2. The van der Waals surface area contributed by atoms with Gasteiger partial charge in [0.2, 0.25) is 0 Å². The molecule has 0 N–H and O–H groups in total. The second-order valence-electron chi connectivity index (χ2n) is 9.72. The minimum atomic E-state index is -0.579. The Kier molecular flexibility index (Phi) is 3.64. The minimum absolute atomic E-state index is 0.183. The van der Waals surface area contributed by atoms with Crippen LogP contribution in [-0.4, -0.2) is 0 Å². The second kappa shape index (κ2) is 6.47. The fourth-order valence-corrected chi connectivity index (χ4v) is 8.01. The van der Waals surface area contributed by atoms with Gasteiger partial charge in [0, 0.05) is 21.9 Å². The number of halogens is 1. The van der Waals surface area contributed by atoms with E-state index in [1.807, 2.05) is 0 Å². The molecule has 34 heavy (non-hydrogen) atoms. The van der Waals surface area contributed by atoms with E-state index in [4.69, 9.17) is 4.74 Å². The molecule has 1 fully saturated rings. The molecule has 5 aromatic carbocycles. The molecule has 1 nitrogen and oxygen atoms in total. The van der Waals surface area contributed by atoms with Gasteiger partial charge in [-0.3, -0.25) is 0 Å². The van der Waals surface area contributed by atoms with E-state index in [9.17, 15) is 0 Å². The number of hydrogen-bond donors (Lipinski definition) is 0. The Bertz CT molecular complexity index is 1600. The van der Waals surface area contributed by atoms with Gasteiger partial charge in [0.25, 0.3) is 0 Å². The van der Waals surface area contributed by atoms with Crippen LogP contribution in [0.2, 0.25) is 0 Å². The van der Waals surface area contributed by atoms with E-state index in [0.717, 1.165) is 4.47 Å². The zero-order valence-electron chi connectivity index (χ0n) is 18.4. The zero-order valence-corrected chi connectivity index (χ0v) is 20.0. The van der Waals surface area contributed by atoms with Gasteiger partial charge >= 0.3 is 0 Å². The first-order valence-electron chi connectivity index (χ1n) is 11.9. The Balaban J connectivity index is 1.59. The zero-order chi connectivity index (χ0) is 22.5. The lowest BCUT2D eigenvalue weighted by molar-refractivity contribution is -0.0482. The molecular weight excluding hydrogens is 480 g/mol. The SMILES string of the molecule is Brc1cccc2c1C1(c3ccccc3)OC2(c2ccccc2)C2c3cccc4cccc(c34)C21. The van der Waals surface area contributed by atoms with Crippen molar-refractivity contribution in [2.45, 2.75) is 23.0 Å². The first-order valence-corrected chi connectivity index (χ1v) is 12.7. The Morgan fingerprint density at radius 3 is 1.76 bits per heavy atom. The third-order valence-corrected chi connectivity index (χ3v) is 9.02. The van der Waals surface area contributed by atoms with Crippen molar-refractivity contribution in [3.63, 3.8) is 0 Å². The quantitative estimate of drug-likeness (QED) is 0.238. The molecule has 0 amide bonds. The van der Waals surface area contributed by atoms with Crippen molar-refractivity contribution in [3.8, 4) is 0 Å². The highest BCUT2D eigenvalue weighted by Gasteiger charge is 2.73. The molecular formula is C32H21BrO. The lowest BCUT2D eigenvalue weighted by Crippen LogP contribution is -2.35. The third kappa shape index (κ3) is 2.03. The van der Waals surface area contributed by atoms with Crippen molar-refractivity contribution in [2.75, 3.05) is 0 Å². The van der Waals surface area contributed by atoms with Crippen LogP contribution in [0.3, 0.4) is 0 Å². The van der Waals surface area contributed by atoms with Gasteiger partial charge in [-0.15, -0.1) is 0 Å². The molecule has 2 aliphatic heterocycles. The van der Waals surface area contributed by atoms with Crippen LogP contribution >= 0.6 is 15.9 Å². The fraction of sp³-hybridized carbons (Fsp3) is 0.125. The van der Waals surface area contributed by atoms with Crippen molar-refractivity contribution in [3.05, 3.63) is 153 Å². The molecule has 1 saturated heterocycles. The van der Waals surface area contributed by atoms with Gasteiger partial charge in [-0.2, -0.15) is 0 Å². The van der Waals surface area contributed by atoms with Crippen LogP contribution in [0.4, 0.5) is 0 Å². The summed E-state index contributed by atoms with van der Waals surface area (Å²) >= 11 is 3.97. The molecule has 0 aromatic heterocycles. The van der Waals surface area contributed by atoms with Gasteiger partial charge in [0.15, 0.2) is 0 Å². The van der Waals surface area contributed by atoms with Gasteiger partial charge < -0.3 is 4.74 Å². The maximum absolute atomic E-state index is 7.60. The van der Waals surface area contributed by atoms with Crippen molar-refractivity contribution < 1.29 is 4.74 Å². The third-order valence-electron chi connectivity index (χ3n) is 8.36. The standard InChI is InChI=1S/C32H21BrO/c33-26-19-9-18-25-30(26)32(22-14-5-2-6-15-22)29-24-17-8-11-20-10-7-16-23(27(20)24)28(29)31(25,34-32)21-12-3-1-4-13-21/h1-19,28-29H. The highest BCUT2D eigenvalue weighted by atomic mass is 79.9. The summed E-state index contributed by atoms with van der Waals surface area (Å²) in [4.78, 5) is 0. The molecule has 5 aromatic rings. The topological polar surface area (TPSA) is 9.23 Å². The molecule has 0 spiro atoms. The predicted molar refractivity (Wildman–Crippen MR) is 139 cm³/mol. The molecule has 4 unspecified atom stereocenters. The average molecular weight is 501 g/mol. The van der Waals surface area contributed by atoms with Gasteiger partial charge in [0.05, 0.1) is 0 Å². The van der Waals surface area contributed by atoms with Crippen LogP contribution in [0.1, 0.15) is 45.2 Å². The molecule has 4 atom stereocenters. The summed E-state index contributed by atoms with van der Waals surface area (Å²) in [5.41, 5.74) is 6.67. The Morgan fingerprint density at radius 1 is 0.559 bits per heavy atom. The minimum Gasteiger partial charge on any atom is -0.348 e. The van der Waals surface area contributed by atoms with Gasteiger partial charge in [-0.1, -0.05) is 125 Å². The lowest BCUT2D eigenvalue weighted by atomic mass is 9.60. The van der Waals surface area contributed by atoms with Crippen molar-refractivity contribution in [1.82, 2.24) is 0 Å². The van der Waals surface area contributed by atoms with E-state index in [0.29, 0.717) is 0 Å². The number of benzene rings is 5. The Morgan fingerprint density at radius 2 is 1.12 bits per heavy atom. The molecule has 2 heteroatoms. The molecule has 2 bridgehead atoms. The summed E-state index contributed by atoms with van der Waals surface area (Å²) in [6, 6.07) is 42.0. The Labute approximate surface area is 207 Å². The van der Waals surface area contributed by atoms with Crippen molar-refractivity contribution in [1.29, 1.82) is 0 Å². The van der Waals surface area contributed by atoms with Gasteiger partial charge in [-0.25, -0.2) is 0 Å². The highest BCUT2D eigenvalue weighted by Crippen LogP contribution is 2.77. The van der Waals surface area contributed by atoms with Crippen LogP contribution in [0, 0.1) is 0 Å². The first-order chi connectivity index (χ1) is 16.8. The van der Waals surface area contributed by atoms with Crippen LogP contribution in [-0.2, 0) is 15.9 Å². The molecule has 3 aliphatic rings. The summed E-state index contributed by atoms with van der Waals surface area (Å²) in [6.07, 6.45) is 0. The van der Waals surface area contributed by atoms with E-state index in [1.54, 1.807) is 0 Å². The van der Waals surface area contributed by atoms with E-state index in [1.165, 1.54) is 44.2 Å². The Hall–Kier alpha value is -3.20. The summed E-state index contributed by atoms with van der Waals surface area (Å²) in [7, 11) is 0. The maximum Gasteiger partial charge on any atom is 0.129 e. The van der Waals surface area contributed by atoms with Crippen LogP contribution < -0.4 is 0 Å². The molecule has 162 valence electrons. The summed E-state index contributed by atoms with van der Waals surface area (Å²) < 4.78 is 8.71. The van der Waals surface area contributed by atoms with E-state index in [2.05, 4.69) is 131 Å². The molecule has 2 heterocycles. The predicted octanol–water partition coefficient (Wildman–Crippen LogP) is 8.01. The van der Waals surface area contributed by atoms with Crippen molar-refractivity contribution >= 4 is 26.7 Å². The average Bonchev–Trinajstić information content (AvgIpc) is 3.52. The first kappa shape index (κ1) is 19.1. The smallest absolute Gasteiger partial charge is 0.129 e. The number of fused-ring (bicyclic) bond motifs is 10. The monoisotopic (exact) mass is 500 g/mol. The number of ether oxygens (including phenoxy) is 1. The summed E-state index contributed by atoms with van der Waals surface area (Å²) in [5, 5.41) is 2.73. The summed E-state index contributed by atoms with van der Waals surface area (Å²) in [6.45, 7) is 0. The number of hydrogen-bond acceptors (Lipinski definition) is 1. The fourth-order valence-electron chi connectivity index (χ4n) is 7.35. The van der Waals surface area contributed by atoms with Crippen LogP contribution in [0.5, 0.6) is 0 Å². The summed E-state index contributed by atoms with van der Waals surface area (Å²) in [5.74, 6) is 0.375. The second-order valence-corrected chi connectivity index (χ2v) is 10.6. The van der Waals surface area contributed by atoms with Crippen LogP contribution in [0.25, 0.3) is 10.8 Å². The molecule has 8 rings (SSSR count). The molecule has 1 aliphatic carbocycles. The van der Waals surface area contributed by atoms with Crippen molar-refractivity contribution in [2.24, 2.45) is 0 Å².